The van der Waals surface area contributed by atoms with Gasteiger partial charge in [0.15, 0.2) is 0 Å². The molecule has 2 unspecified atom stereocenters. The summed E-state index contributed by atoms with van der Waals surface area (Å²) in [6.07, 6.45) is 9.33. The highest BCUT2D eigenvalue weighted by Crippen LogP contribution is 2.13. The third-order valence-corrected chi connectivity index (χ3v) is 4.25. The summed E-state index contributed by atoms with van der Waals surface area (Å²) in [5.41, 5.74) is 0. The fraction of sp³-hybridized carbons (Fsp3) is 0.850. The van der Waals surface area contributed by atoms with Crippen LogP contribution >= 0.6 is 0 Å². The molecular formula is C20H36O3. The van der Waals surface area contributed by atoms with Crippen LogP contribution in [-0.4, -0.2) is 25.8 Å². The number of rotatable bonds is 13. The van der Waals surface area contributed by atoms with Crippen molar-refractivity contribution in [3.8, 4) is 11.8 Å². The molecule has 134 valence electrons. The Labute approximate surface area is 143 Å². The van der Waals surface area contributed by atoms with Crippen LogP contribution < -0.4 is 0 Å². The molecule has 0 fully saturated rings. The van der Waals surface area contributed by atoms with Crippen LogP contribution in [-0.2, 0) is 14.3 Å². The van der Waals surface area contributed by atoms with Crippen LogP contribution in [0, 0.1) is 23.7 Å². The lowest BCUT2D eigenvalue weighted by atomic mass is 10.0. The van der Waals surface area contributed by atoms with Crippen molar-refractivity contribution >= 4 is 5.97 Å². The van der Waals surface area contributed by atoms with E-state index < -0.39 is 5.97 Å². The molecule has 0 aromatic rings. The van der Waals surface area contributed by atoms with Gasteiger partial charge in [-0.2, -0.15) is 0 Å². The molecule has 0 radical (unpaired) electrons. The molecule has 0 spiro atoms. The Morgan fingerprint density at radius 3 is 2.00 bits per heavy atom. The van der Waals surface area contributed by atoms with Gasteiger partial charge < -0.3 is 9.47 Å². The average Bonchev–Trinajstić information content (AvgIpc) is 2.57. The third kappa shape index (κ3) is 13.2. The van der Waals surface area contributed by atoms with Crippen molar-refractivity contribution in [2.45, 2.75) is 79.1 Å². The quantitative estimate of drug-likeness (QED) is 0.207. The lowest BCUT2D eigenvalue weighted by Crippen LogP contribution is -2.13. The van der Waals surface area contributed by atoms with Crippen molar-refractivity contribution in [3.63, 3.8) is 0 Å². The molecule has 0 rings (SSSR count). The minimum absolute atomic E-state index is 0.310. The van der Waals surface area contributed by atoms with E-state index in [2.05, 4.69) is 39.5 Å². The predicted molar refractivity (Wildman–Crippen MR) is 96.2 cm³/mol. The Morgan fingerprint density at radius 1 is 0.913 bits per heavy atom. The SMILES string of the molecule is CCCCC(CC)COCC#CC(=O)OCC(CC)CCCC. The second-order valence-corrected chi connectivity index (χ2v) is 6.25. The molecule has 0 saturated carbocycles. The monoisotopic (exact) mass is 324 g/mol. The van der Waals surface area contributed by atoms with Gasteiger partial charge >= 0.3 is 5.97 Å². The molecule has 0 bridgehead atoms. The fourth-order valence-electron chi connectivity index (χ4n) is 2.41. The van der Waals surface area contributed by atoms with Gasteiger partial charge in [-0.25, -0.2) is 4.79 Å². The normalized spacial score (nSPS) is 13.0. The summed E-state index contributed by atoms with van der Waals surface area (Å²) < 4.78 is 10.8. The Morgan fingerprint density at radius 2 is 1.48 bits per heavy atom. The fourth-order valence-corrected chi connectivity index (χ4v) is 2.41. The number of unbranched alkanes of at least 4 members (excludes halogenated alkanes) is 2. The van der Waals surface area contributed by atoms with E-state index in [1.165, 1.54) is 32.1 Å². The molecule has 0 aliphatic heterocycles. The molecule has 0 saturated heterocycles. The zero-order valence-electron chi connectivity index (χ0n) is 15.7. The van der Waals surface area contributed by atoms with Crippen molar-refractivity contribution in [3.05, 3.63) is 0 Å². The van der Waals surface area contributed by atoms with Crippen LogP contribution in [0.15, 0.2) is 0 Å². The highest BCUT2D eigenvalue weighted by Gasteiger charge is 2.08. The van der Waals surface area contributed by atoms with Gasteiger partial charge in [-0.1, -0.05) is 72.1 Å². The average molecular weight is 325 g/mol. The molecule has 0 aliphatic rings. The molecular weight excluding hydrogens is 288 g/mol. The van der Waals surface area contributed by atoms with Gasteiger partial charge in [0.25, 0.3) is 0 Å². The number of carbonyl (C=O) groups is 1. The van der Waals surface area contributed by atoms with E-state index in [0.717, 1.165) is 25.9 Å². The van der Waals surface area contributed by atoms with Gasteiger partial charge in [0.2, 0.25) is 0 Å². The highest BCUT2D eigenvalue weighted by molar-refractivity contribution is 5.88. The van der Waals surface area contributed by atoms with Gasteiger partial charge in [0.05, 0.1) is 13.2 Å². The summed E-state index contributed by atoms with van der Waals surface area (Å²) >= 11 is 0. The standard InChI is InChI=1S/C20H36O3/c1-5-9-12-18(7-3)16-22-15-11-14-20(21)23-17-19(8-4)13-10-6-2/h18-19H,5-10,12-13,15-17H2,1-4H3. The molecule has 2 atom stereocenters. The number of hydrogen-bond acceptors (Lipinski definition) is 3. The Kier molecular flexibility index (Phi) is 15.2. The summed E-state index contributed by atoms with van der Waals surface area (Å²) in [5, 5.41) is 0. The van der Waals surface area contributed by atoms with E-state index in [1.807, 2.05) is 0 Å². The van der Waals surface area contributed by atoms with E-state index >= 15 is 0 Å². The van der Waals surface area contributed by atoms with Crippen LogP contribution in [0.2, 0.25) is 0 Å². The summed E-state index contributed by atoms with van der Waals surface area (Å²) in [7, 11) is 0. The Hall–Kier alpha value is -1.01. The summed E-state index contributed by atoms with van der Waals surface area (Å²) in [6.45, 7) is 10.2. The minimum atomic E-state index is -0.429. The largest absolute Gasteiger partial charge is 0.456 e. The first-order chi connectivity index (χ1) is 11.2. The summed E-state index contributed by atoms with van der Waals surface area (Å²) in [6, 6.07) is 0. The molecule has 0 aliphatic carbocycles. The maximum Gasteiger partial charge on any atom is 0.384 e. The van der Waals surface area contributed by atoms with Crippen molar-refractivity contribution in [1.29, 1.82) is 0 Å². The molecule has 0 aromatic carbocycles. The van der Waals surface area contributed by atoms with Gasteiger partial charge in [0.1, 0.15) is 6.61 Å². The topological polar surface area (TPSA) is 35.5 Å². The third-order valence-electron chi connectivity index (χ3n) is 4.25. The molecule has 0 aromatic heterocycles. The number of esters is 1. The molecule has 0 heterocycles. The van der Waals surface area contributed by atoms with Crippen molar-refractivity contribution in [2.75, 3.05) is 19.8 Å². The van der Waals surface area contributed by atoms with Crippen LogP contribution in [0.25, 0.3) is 0 Å². The van der Waals surface area contributed by atoms with Crippen LogP contribution in [0.4, 0.5) is 0 Å². The smallest absolute Gasteiger partial charge is 0.384 e. The first kappa shape index (κ1) is 22.0. The van der Waals surface area contributed by atoms with E-state index in [-0.39, 0.29) is 0 Å². The zero-order chi connectivity index (χ0) is 17.3. The first-order valence-corrected chi connectivity index (χ1v) is 9.41. The molecule has 0 amide bonds. The zero-order valence-corrected chi connectivity index (χ0v) is 15.7. The predicted octanol–water partition coefficient (Wildman–Crippen LogP) is 4.98. The maximum absolute atomic E-state index is 11.6. The van der Waals surface area contributed by atoms with E-state index in [1.54, 1.807) is 0 Å². The van der Waals surface area contributed by atoms with Crippen molar-refractivity contribution < 1.29 is 14.3 Å². The second-order valence-electron chi connectivity index (χ2n) is 6.25. The van der Waals surface area contributed by atoms with Crippen LogP contribution in [0.1, 0.15) is 79.1 Å². The Balaban J connectivity index is 3.84. The molecule has 0 N–H and O–H groups in total. The minimum Gasteiger partial charge on any atom is -0.456 e. The molecule has 23 heavy (non-hydrogen) atoms. The van der Waals surface area contributed by atoms with Crippen LogP contribution in [0.5, 0.6) is 0 Å². The summed E-state index contributed by atoms with van der Waals surface area (Å²) in [5.74, 6) is 5.91. The maximum atomic E-state index is 11.6. The number of carbonyl (C=O) groups excluding carboxylic acids is 1. The second kappa shape index (κ2) is 15.9. The van der Waals surface area contributed by atoms with Gasteiger partial charge in [-0.05, 0) is 24.7 Å². The Bertz CT molecular complexity index is 341. The lowest BCUT2D eigenvalue weighted by molar-refractivity contribution is -0.138. The van der Waals surface area contributed by atoms with Crippen molar-refractivity contribution in [2.24, 2.45) is 11.8 Å². The molecule has 3 nitrogen and oxygen atoms in total. The van der Waals surface area contributed by atoms with E-state index in [0.29, 0.717) is 25.0 Å². The van der Waals surface area contributed by atoms with Gasteiger partial charge in [-0.3, -0.25) is 0 Å². The van der Waals surface area contributed by atoms with Gasteiger partial charge in [-0.15, -0.1) is 0 Å². The van der Waals surface area contributed by atoms with Crippen molar-refractivity contribution in [1.82, 2.24) is 0 Å². The molecule has 3 heteroatoms. The van der Waals surface area contributed by atoms with E-state index in [4.69, 9.17) is 9.47 Å². The number of hydrogen-bond donors (Lipinski definition) is 0. The van der Waals surface area contributed by atoms with E-state index in [9.17, 15) is 4.79 Å². The lowest BCUT2D eigenvalue weighted by Gasteiger charge is -2.13. The summed E-state index contributed by atoms with van der Waals surface area (Å²) in [4.78, 5) is 11.6. The number of ether oxygens (including phenoxy) is 2. The first-order valence-electron chi connectivity index (χ1n) is 9.41. The van der Waals surface area contributed by atoms with Gasteiger partial charge in [0, 0.05) is 5.92 Å². The van der Waals surface area contributed by atoms with Crippen LogP contribution in [0.3, 0.4) is 0 Å². The highest BCUT2D eigenvalue weighted by atomic mass is 16.5.